The van der Waals surface area contributed by atoms with E-state index in [1.54, 1.807) is 24.3 Å². The molecule has 1 heterocycles. The Bertz CT molecular complexity index is 549. The van der Waals surface area contributed by atoms with Gasteiger partial charge in [0.25, 0.3) is 5.91 Å². The maximum atomic E-state index is 11.9. The first-order chi connectivity index (χ1) is 9.45. The Morgan fingerprint density at radius 1 is 1.40 bits per heavy atom. The summed E-state index contributed by atoms with van der Waals surface area (Å²) in [6, 6.07) is 7.06. The average Bonchev–Trinajstić information content (AvgIpc) is 2.73. The second-order valence-corrected chi connectivity index (χ2v) is 5.49. The molecule has 5 heteroatoms. The molecule has 0 unspecified atom stereocenters. The van der Waals surface area contributed by atoms with Gasteiger partial charge in [0.05, 0.1) is 0 Å². The third kappa shape index (κ3) is 3.61. The Balaban J connectivity index is 1.99. The monoisotopic (exact) mass is 293 g/mol. The number of benzene rings is 1. The highest BCUT2D eigenvalue weighted by Crippen LogP contribution is 2.17. The van der Waals surface area contributed by atoms with Gasteiger partial charge < -0.3 is 4.74 Å². The molecule has 0 radical (unpaired) electrons. The summed E-state index contributed by atoms with van der Waals surface area (Å²) in [7, 11) is 0. The zero-order valence-electron chi connectivity index (χ0n) is 11.4. The van der Waals surface area contributed by atoms with Gasteiger partial charge in [0.2, 0.25) is 0 Å². The molecule has 0 spiro atoms. The number of halogens is 1. The van der Waals surface area contributed by atoms with Crippen molar-refractivity contribution in [2.75, 3.05) is 0 Å². The summed E-state index contributed by atoms with van der Waals surface area (Å²) in [4.78, 5) is 23.5. The van der Waals surface area contributed by atoms with E-state index in [1.165, 1.54) is 6.08 Å². The number of carbonyl (C=O) groups excluding carboxylic acids is 2. The summed E-state index contributed by atoms with van der Waals surface area (Å²) in [6.45, 7) is 3.78. The zero-order valence-corrected chi connectivity index (χ0v) is 12.1. The van der Waals surface area contributed by atoms with Gasteiger partial charge in [-0.15, -0.1) is 0 Å². The first-order valence-electron chi connectivity index (χ1n) is 6.42. The molecule has 0 bridgehead atoms. The summed E-state index contributed by atoms with van der Waals surface area (Å²) < 4.78 is 5.42. The molecule has 1 aliphatic rings. The van der Waals surface area contributed by atoms with Crippen LogP contribution in [0.2, 0.25) is 5.02 Å². The number of carbonyl (C=O) groups is 2. The Morgan fingerprint density at radius 2 is 2.05 bits per heavy atom. The number of amides is 1. The predicted molar refractivity (Wildman–Crippen MR) is 76.1 cm³/mol. The minimum atomic E-state index is -0.524. The molecule has 0 saturated carbocycles. The molecule has 2 rings (SSSR count). The summed E-state index contributed by atoms with van der Waals surface area (Å²) in [6.07, 6.45) is 1.05. The van der Waals surface area contributed by atoms with E-state index in [1.807, 2.05) is 13.8 Å². The van der Waals surface area contributed by atoms with Crippen LogP contribution in [0, 0.1) is 5.92 Å². The van der Waals surface area contributed by atoms with Crippen LogP contribution in [0.1, 0.15) is 19.4 Å². The van der Waals surface area contributed by atoms with Crippen molar-refractivity contribution in [3.63, 3.8) is 0 Å². The van der Waals surface area contributed by atoms with Gasteiger partial charge in [-0.25, -0.2) is 0 Å². The second-order valence-electron chi connectivity index (χ2n) is 5.05. The average molecular weight is 294 g/mol. The van der Waals surface area contributed by atoms with E-state index in [0.29, 0.717) is 5.02 Å². The molecule has 20 heavy (non-hydrogen) atoms. The molecular weight excluding hydrogens is 278 g/mol. The van der Waals surface area contributed by atoms with Crippen molar-refractivity contribution >= 4 is 23.3 Å². The molecule has 0 aliphatic carbocycles. The number of hydrogen-bond donors (Lipinski definition) is 1. The van der Waals surface area contributed by atoms with Crippen molar-refractivity contribution in [2.24, 2.45) is 5.92 Å². The number of ketones is 1. The van der Waals surface area contributed by atoms with E-state index in [9.17, 15) is 9.59 Å². The smallest absolute Gasteiger partial charge is 0.268 e. The lowest BCUT2D eigenvalue weighted by Gasteiger charge is -2.10. The van der Waals surface area contributed by atoms with Crippen LogP contribution in [0.3, 0.4) is 0 Å². The number of nitrogens with one attached hydrogen (secondary N) is 1. The van der Waals surface area contributed by atoms with Crippen LogP contribution in [0.4, 0.5) is 0 Å². The standard InChI is InChI=1S/C15H16ClNO3/c1-9(2)14-15(19)17-13(20-14)8-12(18)7-10-3-5-11(16)6-4-10/h3-6,8-9,14H,7H2,1-2H3,(H,17,19)/b13-8+/t14-/m0/s1. The minimum absolute atomic E-state index is 0.0623. The third-order valence-electron chi connectivity index (χ3n) is 2.95. The van der Waals surface area contributed by atoms with Crippen LogP contribution in [0.25, 0.3) is 0 Å². The SMILES string of the molecule is CC(C)[C@@H]1O/C(=C/C(=O)Cc2ccc(Cl)cc2)NC1=O. The van der Waals surface area contributed by atoms with Crippen LogP contribution in [0.5, 0.6) is 0 Å². The molecule has 1 aliphatic heterocycles. The van der Waals surface area contributed by atoms with Crippen LogP contribution < -0.4 is 5.32 Å². The van der Waals surface area contributed by atoms with Gasteiger partial charge in [0.1, 0.15) is 0 Å². The van der Waals surface area contributed by atoms with Gasteiger partial charge in [-0.05, 0) is 23.6 Å². The van der Waals surface area contributed by atoms with E-state index in [4.69, 9.17) is 16.3 Å². The summed E-state index contributed by atoms with van der Waals surface area (Å²) in [5.74, 6) is -0.0440. The molecule has 1 N–H and O–H groups in total. The molecular formula is C15H16ClNO3. The molecule has 1 atom stereocenters. The first kappa shape index (κ1) is 14.6. The van der Waals surface area contributed by atoms with Gasteiger partial charge >= 0.3 is 0 Å². The van der Waals surface area contributed by atoms with Gasteiger partial charge in [-0.2, -0.15) is 0 Å². The van der Waals surface area contributed by atoms with Crippen LogP contribution in [0.15, 0.2) is 36.2 Å². The van der Waals surface area contributed by atoms with Crippen molar-refractivity contribution in [1.29, 1.82) is 0 Å². The summed E-state index contributed by atoms with van der Waals surface area (Å²) in [5.41, 5.74) is 0.862. The molecule has 0 aromatic heterocycles. The topological polar surface area (TPSA) is 55.4 Å². The lowest BCUT2D eigenvalue weighted by Crippen LogP contribution is -2.27. The number of allylic oxidation sites excluding steroid dienone is 1. The molecule has 1 fully saturated rings. The fourth-order valence-electron chi connectivity index (χ4n) is 1.92. The lowest BCUT2D eigenvalue weighted by molar-refractivity contribution is -0.125. The van der Waals surface area contributed by atoms with Crippen molar-refractivity contribution in [1.82, 2.24) is 5.32 Å². The quantitative estimate of drug-likeness (QED) is 0.868. The molecule has 4 nitrogen and oxygen atoms in total. The van der Waals surface area contributed by atoms with E-state index < -0.39 is 6.10 Å². The van der Waals surface area contributed by atoms with Crippen LogP contribution in [-0.2, 0) is 20.7 Å². The van der Waals surface area contributed by atoms with E-state index >= 15 is 0 Å². The Kier molecular flexibility index (Phi) is 4.45. The fourth-order valence-corrected chi connectivity index (χ4v) is 2.05. The Morgan fingerprint density at radius 3 is 2.60 bits per heavy atom. The molecule has 1 aromatic rings. The van der Waals surface area contributed by atoms with Gasteiger partial charge in [-0.1, -0.05) is 37.6 Å². The van der Waals surface area contributed by atoms with E-state index in [-0.39, 0.29) is 29.9 Å². The van der Waals surface area contributed by atoms with Crippen LogP contribution in [-0.4, -0.2) is 17.8 Å². The number of rotatable bonds is 4. The highest BCUT2D eigenvalue weighted by Gasteiger charge is 2.32. The van der Waals surface area contributed by atoms with Crippen molar-refractivity contribution < 1.29 is 14.3 Å². The van der Waals surface area contributed by atoms with Gasteiger partial charge in [0.15, 0.2) is 17.8 Å². The highest BCUT2D eigenvalue weighted by atomic mass is 35.5. The van der Waals surface area contributed by atoms with E-state index in [2.05, 4.69) is 5.32 Å². The number of ether oxygens (including phenoxy) is 1. The first-order valence-corrected chi connectivity index (χ1v) is 6.80. The largest absolute Gasteiger partial charge is 0.465 e. The predicted octanol–water partition coefficient (Wildman–Crippen LogP) is 2.46. The summed E-state index contributed by atoms with van der Waals surface area (Å²) >= 11 is 5.78. The molecule has 1 amide bonds. The number of hydrogen-bond acceptors (Lipinski definition) is 3. The third-order valence-corrected chi connectivity index (χ3v) is 3.20. The maximum absolute atomic E-state index is 11.9. The summed E-state index contributed by atoms with van der Waals surface area (Å²) in [5, 5.41) is 3.20. The van der Waals surface area contributed by atoms with Crippen molar-refractivity contribution in [3.05, 3.63) is 46.8 Å². The van der Waals surface area contributed by atoms with Crippen LogP contribution >= 0.6 is 11.6 Å². The molecule has 106 valence electrons. The Hall–Kier alpha value is -1.81. The van der Waals surface area contributed by atoms with Gasteiger partial charge in [0, 0.05) is 17.5 Å². The molecule has 1 aromatic carbocycles. The molecule has 1 saturated heterocycles. The zero-order chi connectivity index (χ0) is 14.7. The second kappa shape index (κ2) is 6.09. The lowest BCUT2D eigenvalue weighted by atomic mass is 10.1. The van der Waals surface area contributed by atoms with Crippen molar-refractivity contribution in [2.45, 2.75) is 26.4 Å². The maximum Gasteiger partial charge on any atom is 0.268 e. The normalized spacial score (nSPS) is 20.1. The van der Waals surface area contributed by atoms with Crippen molar-refractivity contribution in [3.8, 4) is 0 Å². The highest BCUT2D eigenvalue weighted by molar-refractivity contribution is 6.30. The fraction of sp³-hybridized carbons (Fsp3) is 0.333. The Labute approximate surface area is 122 Å². The van der Waals surface area contributed by atoms with Gasteiger partial charge in [-0.3, -0.25) is 14.9 Å². The van der Waals surface area contributed by atoms with E-state index in [0.717, 1.165) is 5.56 Å². The minimum Gasteiger partial charge on any atom is -0.465 e.